The molecule has 0 radical (unpaired) electrons. The number of hydrogen-bond acceptors (Lipinski definition) is 2. The maximum absolute atomic E-state index is 10.8. The molecule has 66 valence electrons. The highest BCUT2D eigenvalue weighted by Crippen LogP contribution is 2.17. The molecule has 0 aliphatic rings. The van der Waals surface area contributed by atoms with Crippen molar-refractivity contribution < 1.29 is 9.53 Å². The lowest BCUT2D eigenvalue weighted by atomic mass is 9.91. The maximum Gasteiger partial charge on any atom is 0.305 e. The van der Waals surface area contributed by atoms with Crippen LogP contribution in [-0.4, -0.2) is 13.1 Å². The third-order valence-electron chi connectivity index (χ3n) is 2.33. The highest BCUT2D eigenvalue weighted by molar-refractivity contribution is 5.69. The predicted octanol–water partition coefficient (Wildman–Crippen LogP) is 2.23. The number of esters is 1. The van der Waals surface area contributed by atoms with Crippen molar-refractivity contribution in [3.05, 3.63) is 0 Å². The second-order valence-electron chi connectivity index (χ2n) is 3.14. The lowest BCUT2D eigenvalue weighted by Crippen LogP contribution is -2.13. The molecule has 0 bridgehead atoms. The third kappa shape index (κ3) is 4.02. The SMILES string of the molecule is CC[C@H](C)[C@@H](C)CC(=O)OC. The van der Waals surface area contributed by atoms with E-state index in [4.69, 9.17) is 0 Å². The Bertz CT molecular complexity index is 121. The first-order valence-electron chi connectivity index (χ1n) is 4.18. The van der Waals surface area contributed by atoms with Crippen molar-refractivity contribution in [3.63, 3.8) is 0 Å². The van der Waals surface area contributed by atoms with Gasteiger partial charge in [0, 0.05) is 6.42 Å². The van der Waals surface area contributed by atoms with Crippen LogP contribution in [0.4, 0.5) is 0 Å². The second kappa shape index (κ2) is 5.16. The molecule has 0 aromatic carbocycles. The topological polar surface area (TPSA) is 26.3 Å². The zero-order valence-electron chi connectivity index (χ0n) is 7.89. The van der Waals surface area contributed by atoms with Crippen LogP contribution in [-0.2, 0) is 9.53 Å². The standard InChI is InChI=1S/C9H18O2/c1-5-7(2)8(3)6-9(10)11-4/h7-8H,5-6H2,1-4H3/t7-,8-/m0/s1. The molecule has 0 aliphatic carbocycles. The van der Waals surface area contributed by atoms with E-state index in [1.54, 1.807) is 0 Å². The van der Waals surface area contributed by atoms with Crippen molar-refractivity contribution in [1.82, 2.24) is 0 Å². The van der Waals surface area contributed by atoms with Crippen molar-refractivity contribution in [2.45, 2.75) is 33.6 Å². The van der Waals surface area contributed by atoms with Crippen LogP contribution < -0.4 is 0 Å². The molecule has 0 rings (SSSR count). The molecule has 11 heavy (non-hydrogen) atoms. The summed E-state index contributed by atoms with van der Waals surface area (Å²) in [5.74, 6) is 0.944. The number of rotatable bonds is 4. The minimum atomic E-state index is -0.0993. The highest BCUT2D eigenvalue weighted by Gasteiger charge is 2.14. The Morgan fingerprint density at radius 1 is 1.36 bits per heavy atom. The first kappa shape index (κ1) is 10.5. The summed E-state index contributed by atoms with van der Waals surface area (Å²) in [5, 5.41) is 0. The third-order valence-corrected chi connectivity index (χ3v) is 2.33. The van der Waals surface area contributed by atoms with Crippen LogP contribution in [0.25, 0.3) is 0 Å². The number of methoxy groups -OCH3 is 1. The molecule has 0 N–H and O–H groups in total. The van der Waals surface area contributed by atoms with Crippen molar-refractivity contribution in [2.75, 3.05) is 7.11 Å². The van der Waals surface area contributed by atoms with E-state index >= 15 is 0 Å². The second-order valence-corrected chi connectivity index (χ2v) is 3.14. The average Bonchev–Trinajstić information content (AvgIpc) is 2.02. The van der Waals surface area contributed by atoms with Gasteiger partial charge in [0.15, 0.2) is 0 Å². The summed E-state index contributed by atoms with van der Waals surface area (Å²) in [4.78, 5) is 10.8. The van der Waals surface area contributed by atoms with Crippen LogP contribution in [0.5, 0.6) is 0 Å². The minimum Gasteiger partial charge on any atom is -0.469 e. The van der Waals surface area contributed by atoms with Gasteiger partial charge in [0.1, 0.15) is 0 Å². The summed E-state index contributed by atoms with van der Waals surface area (Å²) in [5.41, 5.74) is 0. The highest BCUT2D eigenvalue weighted by atomic mass is 16.5. The fraction of sp³-hybridized carbons (Fsp3) is 0.889. The molecule has 0 aromatic heterocycles. The molecular formula is C9H18O2. The predicted molar refractivity (Wildman–Crippen MR) is 45.3 cm³/mol. The number of carbonyl (C=O) groups is 1. The number of carbonyl (C=O) groups excluding carboxylic acids is 1. The Morgan fingerprint density at radius 3 is 2.27 bits per heavy atom. The molecule has 0 unspecified atom stereocenters. The summed E-state index contributed by atoms with van der Waals surface area (Å²) in [6.07, 6.45) is 1.67. The van der Waals surface area contributed by atoms with Gasteiger partial charge >= 0.3 is 5.97 Å². The van der Waals surface area contributed by atoms with Crippen molar-refractivity contribution in [3.8, 4) is 0 Å². The largest absolute Gasteiger partial charge is 0.469 e. The normalized spacial score (nSPS) is 15.6. The Kier molecular flexibility index (Phi) is 4.92. The molecule has 0 fully saturated rings. The van der Waals surface area contributed by atoms with E-state index in [0.29, 0.717) is 18.3 Å². The van der Waals surface area contributed by atoms with E-state index in [1.165, 1.54) is 7.11 Å². The van der Waals surface area contributed by atoms with Gasteiger partial charge in [-0.2, -0.15) is 0 Å². The monoisotopic (exact) mass is 158 g/mol. The Hall–Kier alpha value is -0.530. The van der Waals surface area contributed by atoms with Gasteiger partial charge in [0.2, 0.25) is 0 Å². The van der Waals surface area contributed by atoms with E-state index in [2.05, 4.69) is 25.5 Å². The van der Waals surface area contributed by atoms with Crippen molar-refractivity contribution in [1.29, 1.82) is 0 Å². The maximum atomic E-state index is 10.8. The quantitative estimate of drug-likeness (QED) is 0.586. The van der Waals surface area contributed by atoms with Crippen LogP contribution in [0.2, 0.25) is 0 Å². The van der Waals surface area contributed by atoms with Gasteiger partial charge in [0.25, 0.3) is 0 Å². The molecule has 0 saturated carbocycles. The molecule has 0 amide bonds. The summed E-state index contributed by atoms with van der Waals surface area (Å²) in [6, 6.07) is 0. The zero-order chi connectivity index (χ0) is 8.85. The smallest absolute Gasteiger partial charge is 0.305 e. The van der Waals surface area contributed by atoms with Crippen LogP contribution in [0, 0.1) is 11.8 Å². The van der Waals surface area contributed by atoms with Gasteiger partial charge in [-0.05, 0) is 11.8 Å². The summed E-state index contributed by atoms with van der Waals surface area (Å²) >= 11 is 0. The fourth-order valence-corrected chi connectivity index (χ4v) is 0.950. The Morgan fingerprint density at radius 2 is 1.91 bits per heavy atom. The minimum absolute atomic E-state index is 0.0993. The lowest BCUT2D eigenvalue weighted by molar-refractivity contribution is -0.141. The summed E-state index contributed by atoms with van der Waals surface area (Å²) in [7, 11) is 1.44. The Labute approximate surface area is 68.9 Å². The molecule has 2 heteroatoms. The first-order chi connectivity index (χ1) is 5.11. The average molecular weight is 158 g/mol. The Balaban J connectivity index is 3.67. The molecule has 2 atom stereocenters. The van der Waals surface area contributed by atoms with E-state index in [1.807, 2.05) is 0 Å². The van der Waals surface area contributed by atoms with Crippen LogP contribution in [0.1, 0.15) is 33.6 Å². The van der Waals surface area contributed by atoms with E-state index in [-0.39, 0.29) is 5.97 Å². The van der Waals surface area contributed by atoms with Crippen LogP contribution >= 0.6 is 0 Å². The summed E-state index contributed by atoms with van der Waals surface area (Å²) in [6.45, 7) is 6.39. The van der Waals surface area contributed by atoms with E-state index in [9.17, 15) is 4.79 Å². The molecule has 0 spiro atoms. The van der Waals surface area contributed by atoms with Gasteiger partial charge in [0.05, 0.1) is 7.11 Å². The summed E-state index contributed by atoms with van der Waals surface area (Å²) < 4.78 is 4.58. The zero-order valence-corrected chi connectivity index (χ0v) is 7.89. The van der Waals surface area contributed by atoms with E-state index in [0.717, 1.165) is 6.42 Å². The molecular weight excluding hydrogens is 140 g/mol. The lowest BCUT2D eigenvalue weighted by Gasteiger charge is -2.16. The van der Waals surface area contributed by atoms with Gasteiger partial charge in [-0.3, -0.25) is 4.79 Å². The van der Waals surface area contributed by atoms with Crippen LogP contribution in [0.3, 0.4) is 0 Å². The fourth-order valence-electron chi connectivity index (χ4n) is 0.950. The van der Waals surface area contributed by atoms with Gasteiger partial charge in [-0.1, -0.05) is 27.2 Å². The molecule has 2 nitrogen and oxygen atoms in total. The van der Waals surface area contributed by atoms with Gasteiger partial charge in [-0.15, -0.1) is 0 Å². The molecule has 0 aliphatic heterocycles. The first-order valence-corrected chi connectivity index (χ1v) is 4.18. The molecule has 0 heterocycles. The van der Waals surface area contributed by atoms with Gasteiger partial charge < -0.3 is 4.74 Å². The number of ether oxygens (including phenoxy) is 1. The van der Waals surface area contributed by atoms with Crippen molar-refractivity contribution in [2.24, 2.45) is 11.8 Å². The molecule has 0 aromatic rings. The van der Waals surface area contributed by atoms with E-state index < -0.39 is 0 Å². The van der Waals surface area contributed by atoms with Gasteiger partial charge in [-0.25, -0.2) is 0 Å². The number of hydrogen-bond donors (Lipinski definition) is 0. The molecule has 0 saturated heterocycles. The van der Waals surface area contributed by atoms with Crippen LogP contribution in [0.15, 0.2) is 0 Å². The van der Waals surface area contributed by atoms with Crippen molar-refractivity contribution >= 4 is 5.97 Å².